The van der Waals surface area contributed by atoms with Gasteiger partial charge in [0.2, 0.25) is 0 Å². The van der Waals surface area contributed by atoms with Crippen LogP contribution < -0.4 is 4.74 Å². The van der Waals surface area contributed by atoms with Crippen molar-refractivity contribution in [1.29, 1.82) is 0 Å². The molecule has 0 unspecified atom stereocenters. The molecule has 0 saturated heterocycles. The smallest absolute Gasteiger partial charge is 0.406 e. The van der Waals surface area contributed by atoms with Gasteiger partial charge in [0, 0.05) is 25.5 Å². The van der Waals surface area contributed by atoms with E-state index in [0.717, 1.165) is 11.4 Å². The third-order valence-electron chi connectivity index (χ3n) is 2.91. The van der Waals surface area contributed by atoms with Crippen LogP contribution in [-0.4, -0.2) is 39.5 Å². The molecule has 0 aliphatic carbocycles. The van der Waals surface area contributed by atoms with Crippen molar-refractivity contribution in [3.8, 4) is 5.75 Å². The predicted octanol–water partition coefficient (Wildman–Crippen LogP) is 2.30. The monoisotopic (exact) mass is 315 g/mol. The first-order valence-corrected chi connectivity index (χ1v) is 6.62. The standard InChI is InChI=1S/C14H16F3N3O2/c15-14(16,17)22-12-3-1-11(2-4-12)9-20(7-8-21)10-13-18-5-6-19-13/h1-6,21H,7-10H2,(H,18,19). The van der Waals surface area contributed by atoms with Gasteiger partial charge in [-0.1, -0.05) is 12.1 Å². The molecule has 0 saturated carbocycles. The van der Waals surface area contributed by atoms with Crippen LogP contribution in [0.4, 0.5) is 13.2 Å². The Kier molecular flexibility index (Phi) is 5.40. The summed E-state index contributed by atoms with van der Waals surface area (Å²) < 4.78 is 40.1. The maximum Gasteiger partial charge on any atom is 0.573 e. The lowest BCUT2D eigenvalue weighted by Crippen LogP contribution is -2.26. The molecular formula is C14H16F3N3O2. The van der Waals surface area contributed by atoms with Crippen molar-refractivity contribution < 1.29 is 23.0 Å². The van der Waals surface area contributed by atoms with Gasteiger partial charge >= 0.3 is 6.36 Å². The Labute approximate surface area is 125 Å². The predicted molar refractivity (Wildman–Crippen MR) is 72.9 cm³/mol. The quantitative estimate of drug-likeness (QED) is 0.823. The van der Waals surface area contributed by atoms with E-state index in [1.807, 2.05) is 4.90 Å². The fourth-order valence-corrected chi connectivity index (χ4v) is 2.01. The number of H-pyrrole nitrogens is 1. The number of aromatic nitrogens is 2. The average molecular weight is 315 g/mol. The van der Waals surface area contributed by atoms with Gasteiger partial charge in [-0.3, -0.25) is 4.90 Å². The van der Waals surface area contributed by atoms with E-state index in [-0.39, 0.29) is 12.4 Å². The first-order valence-electron chi connectivity index (χ1n) is 6.62. The number of rotatable bonds is 7. The highest BCUT2D eigenvalue weighted by Gasteiger charge is 2.30. The van der Waals surface area contributed by atoms with Crippen LogP contribution in [0.5, 0.6) is 5.75 Å². The number of aliphatic hydroxyl groups excluding tert-OH is 1. The van der Waals surface area contributed by atoms with Gasteiger partial charge in [-0.05, 0) is 17.7 Å². The summed E-state index contributed by atoms with van der Waals surface area (Å²) in [6.45, 7) is 1.40. The third-order valence-corrected chi connectivity index (χ3v) is 2.91. The van der Waals surface area contributed by atoms with E-state index in [2.05, 4.69) is 14.7 Å². The number of alkyl halides is 3. The fraction of sp³-hybridized carbons (Fsp3) is 0.357. The van der Waals surface area contributed by atoms with Crippen LogP contribution in [-0.2, 0) is 13.1 Å². The van der Waals surface area contributed by atoms with Crippen molar-refractivity contribution in [2.75, 3.05) is 13.2 Å². The van der Waals surface area contributed by atoms with Gasteiger partial charge in [-0.15, -0.1) is 13.2 Å². The number of hydrogen-bond donors (Lipinski definition) is 2. The molecule has 2 aromatic rings. The molecule has 0 spiro atoms. The van der Waals surface area contributed by atoms with Gasteiger partial charge in [0.15, 0.2) is 0 Å². The first kappa shape index (κ1) is 16.3. The molecule has 1 aromatic carbocycles. The number of hydrogen-bond acceptors (Lipinski definition) is 4. The maximum absolute atomic E-state index is 12.1. The Morgan fingerprint density at radius 3 is 2.45 bits per heavy atom. The second-order valence-corrected chi connectivity index (χ2v) is 4.66. The first-order chi connectivity index (χ1) is 10.5. The lowest BCUT2D eigenvalue weighted by molar-refractivity contribution is -0.274. The molecule has 120 valence electrons. The van der Waals surface area contributed by atoms with Crippen molar-refractivity contribution in [1.82, 2.24) is 14.9 Å². The van der Waals surface area contributed by atoms with Gasteiger partial charge in [0.05, 0.1) is 13.2 Å². The average Bonchev–Trinajstić information content (AvgIpc) is 2.92. The number of benzene rings is 1. The summed E-state index contributed by atoms with van der Waals surface area (Å²) in [6.07, 6.45) is -1.35. The Balaban J connectivity index is 1.97. The lowest BCUT2D eigenvalue weighted by atomic mass is 10.2. The molecule has 0 aliphatic heterocycles. The molecule has 1 heterocycles. The highest BCUT2D eigenvalue weighted by atomic mass is 19.4. The summed E-state index contributed by atoms with van der Waals surface area (Å²) in [6, 6.07) is 5.67. The molecule has 5 nitrogen and oxygen atoms in total. The molecular weight excluding hydrogens is 299 g/mol. The van der Waals surface area contributed by atoms with E-state index in [1.165, 1.54) is 12.1 Å². The Bertz CT molecular complexity index is 556. The molecule has 2 N–H and O–H groups in total. The Hall–Kier alpha value is -2.06. The zero-order chi connectivity index (χ0) is 16.0. The van der Waals surface area contributed by atoms with Gasteiger partial charge in [-0.2, -0.15) is 0 Å². The minimum atomic E-state index is -4.69. The molecule has 0 fully saturated rings. The molecule has 0 bridgehead atoms. The Morgan fingerprint density at radius 1 is 1.18 bits per heavy atom. The minimum Gasteiger partial charge on any atom is -0.406 e. The van der Waals surface area contributed by atoms with Crippen LogP contribution in [0.3, 0.4) is 0 Å². The number of halogens is 3. The molecule has 2 rings (SSSR count). The summed E-state index contributed by atoms with van der Waals surface area (Å²) in [7, 11) is 0. The second-order valence-electron chi connectivity index (χ2n) is 4.66. The highest BCUT2D eigenvalue weighted by molar-refractivity contribution is 5.27. The van der Waals surface area contributed by atoms with Gasteiger partial charge in [-0.25, -0.2) is 4.98 Å². The summed E-state index contributed by atoms with van der Waals surface area (Å²) in [4.78, 5) is 9.01. The van der Waals surface area contributed by atoms with Crippen LogP contribution in [0, 0.1) is 0 Å². The summed E-state index contributed by atoms with van der Waals surface area (Å²) in [5.74, 6) is 0.501. The van der Waals surface area contributed by atoms with Gasteiger partial charge < -0.3 is 14.8 Å². The number of ether oxygens (including phenoxy) is 1. The molecule has 1 aromatic heterocycles. The Morgan fingerprint density at radius 2 is 1.91 bits per heavy atom. The van der Waals surface area contributed by atoms with E-state index in [4.69, 9.17) is 5.11 Å². The number of nitrogens with zero attached hydrogens (tertiary/aromatic N) is 2. The summed E-state index contributed by atoms with van der Waals surface area (Å²) in [5, 5.41) is 9.10. The topological polar surface area (TPSA) is 61.4 Å². The van der Waals surface area contributed by atoms with E-state index >= 15 is 0 Å². The van der Waals surface area contributed by atoms with Crippen molar-refractivity contribution in [3.05, 3.63) is 48.0 Å². The van der Waals surface area contributed by atoms with E-state index in [9.17, 15) is 13.2 Å². The number of imidazole rings is 1. The number of aromatic amines is 1. The van der Waals surface area contributed by atoms with E-state index < -0.39 is 6.36 Å². The molecule has 0 radical (unpaired) electrons. The molecule has 0 aliphatic rings. The second kappa shape index (κ2) is 7.28. The van der Waals surface area contributed by atoms with Crippen molar-refractivity contribution in [3.63, 3.8) is 0 Å². The van der Waals surface area contributed by atoms with Crippen LogP contribution in [0.15, 0.2) is 36.7 Å². The zero-order valence-electron chi connectivity index (χ0n) is 11.7. The minimum absolute atomic E-state index is 0.0179. The number of aliphatic hydroxyl groups is 1. The van der Waals surface area contributed by atoms with E-state index in [0.29, 0.717) is 19.6 Å². The number of nitrogens with one attached hydrogen (secondary N) is 1. The third kappa shape index (κ3) is 5.38. The van der Waals surface area contributed by atoms with Crippen LogP contribution in [0.25, 0.3) is 0 Å². The van der Waals surface area contributed by atoms with Crippen LogP contribution in [0.2, 0.25) is 0 Å². The highest BCUT2D eigenvalue weighted by Crippen LogP contribution is 2.23. The largest absolute Gasteiger partial charge is 0.573 e. The molecule has 0 atom stereocenters. The molecule has 0 amide bonds. The lowest BCUT2D eigenvalue weighted by Gasteiger charge is -2.20. The SMILES string of the molecule is OCCN(Cc1ccc(OC(F)(F)F)cc1)Cc1ncc[nH]1. The molecule has 8 heteroatoms. The van der Waals surface area contributed by atoms with E-state index in [1.54, 1.807) is 24.5 Å². The van der Waals surface area contributed by atoms with Crippen LogP contribution in [0.1, 0.15) is 11.4 Å². The zero-order valence-corrected chi connectivity index (χ0v) is 11.7. The van der Waals surface area contributed by atoms with Crippen molar-refractivity contribution in [2.24, 2.45) is 0 Å². The summed E-state index contributed by atoms with van der Waals surface area (Å²) >= 11 is 0. The summed E-state index contributed by atoms with van der Waals surface area (Å²) in [5.41, 5.74) is 0.814. The van der Waals surface area contributed by atoms with Crippen molar-refractivity contribution >= 4 is 0 Å². The molecule has 22 heavy (non-hydrogen) atoms. The normalized spacial score (nSPS) is 11.9. The van der Waals surface area contributed by atoms with Crippen molar-refractivity contribution in [2.45, 2.75) is 19.5 Å². The fourth-order valence-electron chi connectivity index (χ4n) is 2.01. The van der Waals surface area contributed by atoms with Gasteiger partial charge in [0.1, 0.15) is 11.6 Å². The van der Waals surface area contributed by atoms with Crippen LogP contribution >= 0.6 is 0 Å². The maximum atomic E-state index is 12.1. The van der Waals surface area contributed by atoms with Gasteiger partial charge in [0.25, 0.3) is 0 Å².